The van der Waals surface area contributed by atoms with E-state index in [-0.39, 0.29) is 4.90 Å². The molecule has 0 aliphatic rings. The molecule has 1 N–H and O–H groups in total. The van der Waals surface area contributed by atoms with Gasteiger partial charge < -0.3 is 4.57 Å². The summed E-state index contributed by atoms with van der Waals surface area (Å²) in [5.41, 5.74) is 2.69. The number of rotatable bonds is 6. The van der Waals surface area contributed by atoms with Crippen LogP contribution in [-0.4, -0.2) is 19.2 Å². The highest BCUT2D eigenvalue weighted by atomic mass is 35.5. The predicted molar refractivity (Wildman–Crippen MR) is 106 cm³/mol. The minimum absolute atomic E-state index is 0.166. The Kier molecular flexibility index (Phi) is 5.34. The molecule has 1 aromatic heterocycles. The van der Waals surface area contributed by atoms with Crippen LogP contribution in [-0.2, 0) is 16.6 Å². The summed E-state index contributed by atoms with van der Waals surface area (Å²) in [7, 11) is -3.71. The van der Waals surface area contributed by atoms with Gasteiger partial charge in [-0.2, -0.15) is 13.5 Å². The fourth-order valence-corrected chi connectivity index (χ4v) is 3.91. The molecule has 0 spiro atoms. The van der Waals surface area contributed by atoms with Gasteiger partial charge in [-0.15, -0.1) is 0 Å². The highest BCUT2D eigenvalue weighted by Gasteiger charge is 2.15. The number of hydrazone groups is 1. The Morgan fingerprint density at radius 1 is 1.15 bits per heavy atom. The van der Waals surface area contributed by atoms with Gasteiger partial charge in [0.1, 0.15) is 5.15 Å². The van der Waals surface area contributed by atoms with Crippen molar-refractivity contribution in [1.29, 1.82) is 0 Å². The monoisotopic (exact) mass is 389 g/mol. The van der Waals surface area contributed by atoms with Crippen LogP contribution in [0.5, 0.6) is 0 Å². The van der Waals surface area contributed by atoms with Gasteiger partial charge in [0.25, 0.3) is 10.0 Å². The second-order valence-electron chi connectivity index (χ2n) is 6.04. The van der Waals surface area contributed by atoms with Crippen LogP contribution in [0.25, 0.3) is 10.9 Å². The lowest BCUT2D eigenvalue weighted by Gasteiger charge is -2.04. The predicted octanol–water partition coefficient (Wildman–Crippen LogP) is 4.33. The number of benzene rings is 2. The third kappa shape index (κ3) is 3.61. The topological polar surface area (TPSA) is 63.5 Å². The Labute approximate surface area is 158 Å². The van der Waals surface area contributed by atoms with Gasteiger partial charge in [0.15, 0.2) is 0 Å². The highest BCUT2D eigenvalue weighted by molar-refractivity contribution is 7.89. The van der Waals surface area contributed by atoms with Crippen LogP contribution in [0.1, 0.15) is 24.5 Å². The van der Waals surface area contributed by atoms with E-state index in [9.17, 15) is 8.42 Å². The molecule has 0 radical (unpaired) electrons. The van der Waals surface area contributed by atoms with Gasteiger partial charge in [0, 0.05) is 23.0 Å². The van der Waals surface area contributed by atoms with Crippen LogP contribution in [0.15, 0.2) is 58.5 Å². The first-order valence-corrected chi connectivity index (χ1v) is 10.2. The standard InChI is InChI=1S/C19H20ClN3O2S/c1-3-12-23-18-7-5-4-6-16(18)17(19(23)20)13-21-22-26(24,25)15-10-8-14(2)9-11-15/h4-11,13,22H,3,12H2,1-2H3/b21-13+. The fraction of sp³-hybridized carbons (Fsp3) is 0.211. The van der Waals surface area contributed by atoms with Crippen molar-refractivity contribution in [3.8, 4) is 0 Å². The molecule has 0 atom stereocenters. The zero-order valence-corrected chi connectivity index (χ0v) is 16.2. The first-order chi connectivity index (χ1) is 12.4. The molecule has 0 aliphatic carbocycles. The molecule has 0 saturated heterocycles. The molecule has 0 saturated carbocycles. The van der Waals surface area contributed by atoms with E-state index in [1.807, 2.05) is 35.8 Å². The number of hydrogen-bond acceptors (Lipinski definition) is 3. The highest BCUT2D eigenvalue weighted by Crippen LogP contribution is 2.29. The Morgan fingerprint density at radius 2 is 1.85 bits per heavy atom. The van der Waals surface area contributed by atoms with E-state index < -0.39 is 10.0 Å². The molecule has 0 aliphatic heterocycles. The van der Waals surface area contributed by atoms with Crippen molar-refractivity contribution in [2.75, 3.05) is 0 Å². The lowest BCUT2D eigenvalue weighted by Crippen LogP contribution is -2.18. The Morgan fingerprint density at radius 3 is 2.54 bits per heavy atom. The second-order valence-corrected chi connectivity index (χ2v) is 8.06. The summed E-state index contributed by atoms with van der Waals surface area (Å²) in [5.74, 6) is 0. The van der Waals surface area contributed by atoms with Crippen molar-refractivity contribution in [2.45, 2.75) is 31.7 Å². The van der Waals surface area contributed by atoms with Gasteiger partial charge in [0.2, 0.25) is 0 Å². The number of halogens is 1. The van der Waals surface area contributed by atoms with Crippen LogP contribution >= 0.6 is 11.6 Å². The average Bonchev–Trinajstić information content (AvgIpc) is 2.88. The van der Waals surface area contributed by atoms with Crippen molar-refractivity contribution >= 4 is 38.7 Å². The van der Waals surface area contributed by atoms with Crippen molar-refractivity contribution in [3.63, 3.8) is 0 Å². The van der Waals surface area contributed by atoms with Crippen LogP contribution < -0.4 is 4.83 Å². The summed E-state index contributed by atoms with van der Waals surface area (Å²) in [6.45, 7) is 4.76. The minimum Gasteiger partial charge on any atom is -0.331 e. The van der Waals surface area contributed by atoms with Gasteiger partial charge >= 0.3 is 0 Å². The molecule has 5 nitrogen and oxygen atoms in total. The molecule has 0 fully saturated rings. The van der Waals surface area contributed by atoms with Crippen molar-refractivity contribution in [3.05, 3.63) is 64.8 Å². The van der Waals surface area contributed by atoms with Gasteiger partial charge in [-0.1, -0.05) is 54.4 Å². The van der Waals surface area contributed by atoms with Crippen LogP contribution in [0.3, 0.4) is 0 Å². The molecule has 1 heterocycles. The number of aryl methyl sites for hydroxylation is 2. The van der Waals surface area contributed by atoms with E-state index in [0.29, 0.717) is 10.7 Å². The second kappa shape index (κ2) is 7.51. The molecular weight excluding hydrogens is 370 g/mol. The maximum Gasteiger partial charge on any atom is 0.276 e. The molecule has 0 bridgehead atoms. The Bertz CT molecular complexity index is 1050. The average molecular weight is 390 g/mol. The van der Waals surface area contributed by atoms with Gasteiger partial charge in [-0.3, -0.25) is 0 Å². The Hall–Kier alpha value is -2.31. The smallest absolute Gasteiger partial charge is 0.276 e. The lowest BCUT2D eigenvalue weighted by atomic mass is 10.2. The van der Waals surface area contributed by atoms with E-state index in [1.54, 1.807) is 24.3 Å². The van der Waals surface area contributed by atoms with E-state index in [1.165, 1.54) is 6.21 Å². The van der Waals surface area contributed by atoms with Crippen molar-refractivity contribution < 1.29 is 8.42 Å². The summed E-state index contributed by atoms with van der Waals surface area (Å²) in [5, 5.41) is 5.42. The number of sulfonamides is 1. The van der Waals surface area contributed by atoms with Crippen molar-refractivity contribution in [1.82, 2.24) is 9.40 Å². The van der Waals surface area contributed by atoms with Crippen LogP contribution in [0.4, 0.5) is 0 Å². The molecule has 2 aromatic carbocycles. The number of fused-ring (bicyclic) bond motifs is 1. The van der Waals surface area contributed by atoms with E-state index in [2.05, 4.69) is 16.9 Å². The zero-order chi connectivity index (χ0) is 18.7. The molecule has 7 heteroatoms. The summed E-state index contributed by atoms with van der Waals surface area (Å²) >= 11 is 6.51. The third-order valence-electron chi connectivity index (χ3n) is 4.09. The number of para-hydroxylation sites is 1. The minimum atomic E-state index is -3.71. The quantitative estimate of drug-likeness (QED) is 0.504. The largest absolute Gasteiger partial charge is 0.331 e. The molecular formula is C19H20ClN3O2S. The molecule has 26 heavy (non-hydrogen) atoms. The van der Waals surface area contributed by atoms with Crippen LogP contribution in [0, 0.1) is 6.92 Å². The fourth-order valence-electron chi connectivity index (χ4n) is 2.79. The third-order valence-corrected chi connectivity index (χ3v) is 5.74. The summed E-state index contributed by atoms with van der Waals surface area (Å²) in [6.07, 6.45) is 2.40. The normalized spacial score (nSPS) is 12.1. The first-order valence-electron chi connectivity index (χ1n) is 8.32. The SMILES string of the molecule is CCCn1c(Cl)c(/C=N/NS(=O)(=O)c2ccc(C)cc2)c2ccccc21. The number of nitrogens with one attached hydrogen (secondary N) is 1. The van der Waals surface area contributed by atoms with E-state index in [4.69, 9.17) is 11.6 Å². The molecule has 136 valence electrons. The number of hydrogen-bond donors (Lipinski definition) is 1. The summed E-state index contributed by atoms with van der Waals surface area (Å²) in [4.78, 5) is 2.42. The van der Waals surface area contributed by atoms with E-state index in [0.717, 1.165) is 29.4 Å². The maximum atomic E-state index is 12.3. The van der Waals surface area contributed by atoms with Gasteiger partial charge in [-0.05, 0) is 31.5 Å². The first kappa shape index (κ1) is 18.5. The van der Waals surface area contributed by atoms with Gasteiger partial charge in [-0.25, -0.2) is 4.83 Å². The number of aromatic nitrogens is 1. The summed E-state index contributed by atoms with van der Waals surface area (Å²) in [6, 6.07) is 14.4. The lowest BCUT2D eigenvalue weighted by molar-refractivity contribution is 0.584. The maximum absolute atomic E-state index is 12.3. The molecule has 0 unspecified atom stereocenters. The van der Waals surface area contributed by atoms with Crippen LogP contribution in [0.2, 0.25) is 5.15 Å². The Balaban J connectivity index is 1.91. The number of nitrogens with zero attached hydrogens (tertiary/aromatic N) is 2. The van der Waals surface area contributed by atoms with E-state index >= 15 is 0 Å². The molecule has 0 amide bonds. The van der Waals surface area contributed by atoms with Crippen molar-refractivity contribution in [2.24, 2.45) is 5.10 Å². The molecule has 3 rings (SSSR count). The summed E-state index contributed by atoms with van der Waals surface area (Å²) < 4.78 is 26.7. The molecule has 3 aromatic rings. The van der Waals surface area contributed by atoms with Gasteiger partial charge in [0.05, 0.1) is 11.1 Å². The zero-order valence-electron chi connectivity index (χ0n) is 14.6.